The van der Waals surface area contributed by atoms with Crippen molar-refractivity contribution in [3.63, 3.8) is 0 Å². The fourth-order valence-electron chi connectivity index (χ4n) is 2.93. The number of aryl methyl sites for hydroxylation is 2. The van der Waals surface area contributed by atoms with Crippen LogP contribution in [0.25, 0.3) is 10.2 Å². The Hall–Kier alpha value is -2.15. The molecule has 0 saturated heterocycles. The van der Waals surface area contributed by atoms with Crippen molar-refractivity contribution in [2.45, 2.75) is 13.8 Å². The van der Waals surface area contributed by atoms with Gasteiger partial charge in [0.1, 0.15) is 0 Å². The molecule has 0 aliphatic carbocycles. The largest absolute Gasteiger partial charge is 0.378 e. The van der Waals surface area contributed by atoms with E-state index in [2.05, 4.69) is 30.9 Å². The average Bonchev–Trinajstić information content (AvgIpc) is 3.04. The minimum absolute atomic E-state index is 0. The number of anilines is 2. The molecule has 0 fully saturated rings. The zero-order valence-corrected chi connectivity index (χ0v) is 19.5. The summed E-state index contributed by atoms with van der Waals surface area (Å²) >= 11 is 1.58. The summed E-state index contributed by atoms with van der Waals surface area (Å²) < 4.78 is 1.11. The van der Waals surface area contributed by atoms with Gasteiger partial charge in [-0.25, -0.2) is 4.98 Å². The number of hydrogen-bond acceptors (Lipinski definition) is 5. The Kier molecular flexibility index (Phi) is 7.63. The Bertz CT molecular complexity index is 943. The van der Waals surface area contributed by atoms with Crippen molar-refractivity contribution in [3.8, 4) is 0 Å². The maximum absolute atomic E-state index is 13.3. The monoisotopic (exact) mass is 432 g/mol. The number of rotatable bonds is 6. The summed E-state index contributed by atoms with van der Waals surface area (Å²) in [7, 11) is 8.01. The number of thiazole rings is 1. The summed E-state index contributed by atoms with van der Waals surface area (Å²) in [4.78, 5) is 24.0. The summed E-state index contributed by atoms with van der Waals surface area (Å²) in [5.74, 6) is -0.0142. The second kappa shape index (κ2) is 9.57. The molecule has 5 nitrogen and oxygen atoms in total. The molecule has 0 bridgehead atoms. The van der Waals surface area contributed by atoms with Gasteiger partial charge in [-0.1, -0.05) is 11.3 Å². The number of nitrogens with zero attached hydrogens (tertiary/aromatic N) is 4. The molecule has 1 amide bonds. The van der Waals surface area contributed by atoms with Crippen LogP contribution in [0.3, 0.4) is 0 Å². The predicted molar refractivity (Wildman–Crippen MR) is 127 cm³/mol. The van der Waals surface area contributed by atoms with Crippen LogP contribution in [-0.2, 0) is 0 Å². The number of likely N-dealkylation sites (N-methyl/N-ethyl adjacent to an activating group) is 1. The summed E-state index contributed by atoms with van der Waals surface area (Å²) in [5.41, 5.74) is 5.16. The first-order valence-electron chi connectivity index (χ1n) is 9.38. The normalized spacial score (nSPS) is 10.9. The molecule has 0 radical (unpaired) electrons. The second-order valence-electron chi connectivity index (χ2n) is 7.60. The lowest BCUT2D eigenvalue weighted by atomic mass is 10.1. The van der Waals surface area contributed by atoms with E-state index in [1.54, 1.807) is 16.2 Å². The molecule has 0 aliphatic rings. The quantitative estimate of drug-likeness (QED) is 0.570. The van der Waals surface area contributed by atoms with Crippen LogP contribution in [0.15, 0.2) is 36.4 Å². The third-order valence-electron chi connectivity index (χ3n) is 4.87. The maximum Gasteiger partial charge on any atom is 0.260 e. The first-order chi connectivity index (χ1) is 13.3. The number of amides is 1. The third-order valence-corrected chi connectivity index (χ3v) is 5.91. The smallest absolute Gasteiger partial charge is 0.260 e. The lowest BCUT2D eigenvalue weighted by Gasteiger charge is -2.22. The molecule has 0 spiro atoms. The van der Waals surface area contributed by atoms with Gasteiger partial charge in [0.2, 0.25) is 0 Å². The van der Waals surface area contributed by atoms with E-state index in [0.29, 0.717) is 12.1 Å². The molecule has 0 aliphatic heterocycles. The van der Waals surface area contributed by atoms with Crippen LogP contribution < -0.4 is 9.80 Å². The maximum atomic E-state index is 13.3. The van der Waals surface area contributed by atoms with Gasteiger partial charge < -0.3 is 9.80 Å². The summed E-state index contributed by atoms with van der Waals surface area (Å²) in [6.45, 7) is 5.57. The lowest BCUT2D eigenvalue weighted by molar-refractivity contribution is 0.0985. The topological polar surface area (TPSA) is 39.7 Å². The van der Waals surface area contributed by atoms with Crippen LogP contribution in [0, 0.1) is 13.8 Å². The fourth-order valence-corrected chi connectivity index (χ4v) is 4.00. The molecule has 0 saturated carbocycles. The molecule has 2 aromatic carbocycles. The van der Waals surface area contributed by atoms with Crippen LogP contribution in [0.4, 0.5) is 10.8 Å². The Balaban J connectivity index is 0.00000300. The summed E-state index contributed by atoms with van der Waals surface area (Å²) in [5, 5.41) is 0.753. The Morgan fingerprint density at radius 3 is 2.17 bits per heavy atom. The molecular formula is C22H29ClN4OS. The molecule has 29 heavy (non-hydrogen) atoms. The average molecular weight is 433 g/mol. The summed E-state index contributed by atoms with van der Waals surface area (Å²) in [6.07, 6.45) is 0. The van der Waals surface area contributed by atoms with Crippen molar-refractivity contribution in [2.24, 2.45) is 0 Å². The zero-order chi connectivity index (χ0) is 20.4. The zero-order valence-electron chi connectivity index (χ0n) is 17.9. The molecule has 0 N–H and O–H groups in total. The van der Waals surface area contributed by atoms with Crippen molar-refractivity contribution in [3.05, 3.63) is 53.1 Å². The van der Waals surface area contributed by atoms with E-state index < -0.39 is 0 Å². The van der Waals surface area contributed by atoms with Crippen LogP contribution in [0.5, 0.6) is 0 Å². The van der Waals surface area contributed by atoms with Gasteiger partial charge in [-0.05, 0) is 75.5 Å². The highest BCUT2D eigenvalue weighted by molar-refractivity contribution is 7.22. The molecule has 3 aromatic rings. The van der Waals surface area contributed by atoms with E-state index in [-0.39, 0.29) is 18.3 Å². The van der Waals surface area contributed by atoms with Crippen molar-refractivity contribution < 1.29 is 4.79 Å². The Labute approximate surface area is 183 Å². The highest BCUT2D eigenvalue weighted by Gasteiger charge is 2.21. The predicted octanol–water partition coefficient (Wildman–Crippen LogP) is 4.61. The number of halogens is 1. The molecule has 1 heterocycles. The number of benzene rings is 2. The fraction of sp³-hybridized carbons (Fsp3) is 0.364. The number of hydrogen-bond donors (Lipinski definition) is 0. The SMILES string of the molecule is Cc1cc2nc(N(CCN(C)C)C(=O)c3ccc(N(C)C)cc3)sc2cc1C.Cl. The Morgan fingerprint density at radius 1 is 0.966 bits per heavy atom. The minimum atomic E-state index is -0.0142. The number of carbonyl (C=O) groups excluding carboxylic acids is 1. The standard InChI is InChI=1S/C22H28N4OS.ClH/c1-15-13-19-20(14-16(15)2)28-22(23-19)26(12-11-24(3)4)21(27)17-7-9-18(10-8-17)25(5)6;/h7-10,13-14H,11-12H2,1-6H3;1H. The third kappa shape index (κ3) is 5.26. The van der Waals surface area contributed by atoms with E-state index >= 15 is 0 Å². The van der Waals surface area contributed by atoms with Gasteiger partial charge in [-0.15, -0.1) is 12.4 Å². The van der Waals surface area contributed by atoms with E-state index in [0.717, 1.165) is 27.6 Å². The van der Waals surface area contributed by atoms with E-state index in [4.69, 9.17) is 4.98 Å². The van der Waals surface area contributed by atoms with Crippen molar-refractivity contribution in [2.75, 3.05) is 51.1 Å². The molecular weight excluding hydrogens is 404 g/mol. The molecule has 3 rings (SSSR count). The van der Waals surface area contributed by atoms with Gasteiger partial charge in [0.15, 0.2) is 5.13 Å². The van der Waals surface area contributed by atoms with E-state index in [1.807, 2.05) is 57.4 Å². The first-order valence-corrected chi connectivity index (χ1v) is 10.2. The highest BCUT2D eigenvalue weighted by Crippen LogP contribution is 2.31. The molecule has 156 valence electrons. The molecule has 1 aromatic heterocycles. The Morgan fingerprint density at radius 2 is 1.59 bits per heavy atom. The van der Waals surface area contributed by atoms with Gasteiger partial charge in [0, 0.05) is 38.4 Å². The number of carbonyl (C=O) groups is 1. The van der Waals surface area contributed by atoms with Crippen molar-refractivity contribution >= 4 is 50.7 Å². The minimum Gasteiger partial charge on any atom is -0.378 e. The van der Waals surface area contributed by atoms with Crippen molar-refractivity contribution in [1.82, 2.24) is 9.88 Å². The van der Waals surface area contributed by atoms with Gasteiger partial charge in [-0.2, -0.15) is 0 Å². The van der Waals surface area contributed by atoms with Crippen molar-refractivity contribution in [1.29, 1.82) is 0 Å². The first kappa shape index (κ1) is 23.1. The van der Waals surface area contributed by atoms with Gasteiger partial charge in [0.25, 0.3) is 5.91 Å². The van der Waals surface area contributed by atoms with Crippen LogP contribution in [0.2, 0.25) is 0 Å². The molecule has 0 atom stereocenters. The second-order valence-corrected chi connectivity index (χ2v) is 8.61. The molecule has 0 unspecified atom stereocenters. The van der Waals surface area contributed by atoms with Gasteiger partial charge in [0.05, 0.1) is 10.2 Å². The van der Waals surface area contributed by atoms with E-state index in [9.17, 15) is 4.79 Å². The van der Waals surface area contributed by atoms with Crippen LogP contribution in [0.1, 0.15) is 21.5 Å². The van der Waals surface area contributed by atoms with E-state index in [1.165, 1.54) is 11.1 Å². The highest BCUT2D eigenvalue weighted by atomic mass is 35.5. The van der Waals surface area contributed by atoms with Gasteiger partial charge in [-0.3, -0.25) is 9.69 Å². The molecule has 7 heteroatoms. The van der Waals surface area contributed by atoms with Crippen LogP contribution in [-0.4, -0.2) is 57.1 Å². The number of fused-ring (bicyclic) bond motifs is 1. The number of aromatic nitrogens is 1. The van der Waals surface area contributed by atoms with Crippen LogP contribution >= 0.6 is 23.7 Å². The van der Waals surface area contributed by atoms with Gasteiger partial charge >= 0.3 is 0 Å². The summed E-state index contributed by atoms with van der Waals surface area (Å²) in [6, 6.07) is 12.0. The lowest BCUT2D eigenvalue weighted by Crippen LogP contribution is -2.36.